The number of nitrogens with one attached hydrogen (secondary N) is 3. The molecule has 0 bridgehead atoms. The summed E-state index contributed by atoms with van der Waals surface area (Å²) in [6, 6.07) is 13.8. The maximum atomic E-state index is 14.8. The van der Waals surface area contributed by atoms with Crippen molar-refractivity contribution in [2.75, 3.05) is 13.7 Å². The fourth-order valence-electron chi connectivity index (χ4n) is 6.71. The molecule has 0 aromatic heterocycles. The van der Waals surface area contributed by atoms with E-state index in [1.807, 2.05) is 0 Å². The summed E-state index contributed by atoms with van der Waals surface area (Å²) in [6.07, 6.45) is -6.37. The zero-order valence-electron chi connectivity index (χ0n) is 33.3. The van der Waals surface area contributed by atoms with Crippen molar-refractivity contribution < 1.29 is 55.0 Å². The Bertz CT molecular complexity index is 2070. The number of benzene rings is 3. The van der Waals surface area contributed by atoms with Crippen molar-refractivity contribution in [3.05, 3.63) is 100 Å². The minimum absolute atomic E-state index is 0.0980. The van der Waals surface area contributed by atoms with Gasteiger partial charge < -0.3 is 30.3 Å². The Labute approximate surface area is 347 Å². The number of likely N-dealkylation sites (tertiary alicyclic amines) is 1. The lowest BCUT2D eigenvalue weighted by atomic mass is 9.95. The van der Waals surface area contributed by atoms with Gasteiger partial charge in [-0.2, -0.15) is 13.2 Å². The number of hydrogen-bond donors (Lipinski definition) is 4. The Morgan fingerprint density at radius 2 is 1.54 bits per heavy atom. The predicted molar refractivity (Wildman–Crippen MR) is 213 cm³/mol. The summed E-state index contributed by atoms with van der Waals surface area (Å²) in [5.41, 5.74) is 0.913. The van der Waals surface area contributed by atoms with Gasteiger partial charge in [0.15, 0.2) is 0 Å². The molecule has 1 unspecified atom stereocenters. The maximum Gasteiger partial charge on any atom is 0.452 e. The molecule has 13 nitrogen and oxygen atoms in total. The second kappa shape index (κ2) is 19.7. The number of carbonyl (C=O) groups is 5. The molecule has 3 N–H and O–H groups in total. The monoisotopic (exact) mass is 864 g/mol. The van der Waals surface area contributed by atoms with Gasteiger partial charge in [0.1, 0.15) is 34.1 Å². The molecule has 1 saturated heterocycles. The highest BCUT2D eigenvalue weighted by molar-refractivity contribution is 7.72. The fraction of sp³-hybridized carbons (Fsp3) is 0.439. The van der Waals surface area contributed by atoms with E-state index < -0.39 is 87.3 Å². The highest BCUT2D eigenvalue weighted by Crippen LogP contribution is 2.37. The van der Waals surface area contributed by atoms with E-state index in [4.69, 9.17) is 21.1 Å². The largest absolute Gasteiger partial charge is 0.497 e. The third-order valence-corrected chi connectivity index (χ3v) is 11.0. The van der Waals surface area contributed by atoms with Crippen molar-refractivity contribution >= 4 is 51.9 Å². The molecule has 1 aliphatic rings. The zero-order chi connectivity index (χ0) is 43.8. The van der Waals surface area contributed by atoms with Gasteiger partial charge in [-0.25, -0.2) is 13.2 Å². The summed E-state index contributed by atoms with van der Waals surface area (Å²) < 4.78 is 77.1. The number of ketones is 1. The Hall–Kier alpha value is -5.16. The number of ether oxygens (including phenoxy) is 2. The van der Waals surface area contributed by atoms with Crippen LogP contribution in [0.4, 0.5) is 18.0 Å². The van der Waals surface area contributed by atoms with E-state index in [-0.39, 0.29) is 36.5 Å². The molecule has 320 valence electrons. The molecule has 3 aromatic carbocycles. The lowest BCUT2D eigenvalue weighted by Gasteiger charge is -2.31. The highest BCUT2D eigenvalue weighted by Gasteiger charge is 2.49. The molecule has 1 fully saturated rings. The predicted octanol–water partition coefficient (Wildman–Crippen LogP) is 5.56. The van der Waals surface area contributed by atoms with Gasteiger partial charge in [-0.05, 0) is 86.1 Å². The van der Waals surface area contributed by atoms with Gasteiger partial charge in [0, 0.05) is 30.1 Å². The van der Waals surface area contributed by atoms with Gasteiger partial charge in [0.25, 0.3) is 11.7 Å². The van der Waals surface area contributed by atoms with Crippen LogP contribution in [0.15, 0.2) is 72.8 Å². The second-order valence-corrected chi connectivity index (χ2v) is 17.1. The van der Waals surface area contributed by atoms with Gasteiger partial charge in [-0.1, -0.05) is 67.9 Å². The third kappa shape index (κ3) is 12.9. The quantitative estimate of drug-likeness (QED) is 0.143. The number of rotatable bonds is 15. The fourth-order valence-corrected chi connectivity index (χ4v) is 7.87. The summed E-state index contributed by atoms with van der Waals surface area (Å²) in [4.78, 5) is 68.0. The number of alkyl halides is 3. The van der Waals surface area contributed by atoms with E-state index in [1.54, 1.807) is 63.2 Å². The number of methoxy groups -OCH3 is 1. The first-order valence-electron chi connectivity index (χ1n) is 18.7. The average Bonchev–Trinajstić information content (AvgIpc) is 3.59. The van der Waals surface area contributed by atoms with Crippen LogP contribution in [0, 0.1) is 11.8 Å². The number of carbonyl (C=O) groups excluding carboxylic acids is 5. The second-order valence-electron chi connectivity index (χ2n) is 15.5. The van der Waals surface area contributed by atoms with Crippen LogP contribution in [-0.4, -0.2) is 86.5 Å². The van der Waals surface area contributed by atoms with Gasteiger partial charge in [0.05, 0.1) is 18.4 Å². The van der Waals surface area contributed by atoms with Crippen LogP contribution in [-0.2, 0) is 42.8 Å². The van der Waals surface area contributed by atoms with Gasteiger partial charge in [0.2, 0.25) is 11.8 Å². The van der Waals surface area contributed by atoms with Crippen LogP contribution in [0.25, 0.3) is 0 Å². The molecule has 0 spiro atoms. The van der Waals surface area contributed by atoms with Crippen LogP contribution in [0.1, 0.15) is 73.3 Å². The molecule has 0 aliphatic carbocycles. The van der Waals surface area contributed by atoms with E-state index in [2.05, 4.69) is 16.0 Å². The molecule has 1 heterocycles. The van der Waals surface area contributed by atoms with Crippen molar-refractivity contribution in [3.8, 4) is 5.75 Å². The molecule has 3 aromatic rings. The van der Waals surface area contributed by atoms with Crippen molar-refractivity contribution in [1.29, 1.82) is 0 Å². The van der Waals surface area contributed by atoms with Gasteiger partial charge in [-0.3, -0.25) is 19.2 Å². The molecule has 18 heteroatoms. The van der Waals surface area contributed by atoms with Crippen molar-refractivity contribution in [3.63, 3.8) is 0 Å². The van der Waals surface area contributed by atoms with Gasteiger partial charge >= 0.3 is 12.3 Å². The number of amides is 4. The van der Waals surface area contributed by atoms with E-state index >= 15 is 0 Å². The number of hydrogen-bond acceptors (Lipinski definition) is 9. The first-order chi connectivity index (χ1) is 27.6. The number of nitrogens with zero attached hydrogens (tertiary/aromatic N) is 1. The summed E-state index contributed by atoms with van der Waals surface area (Å²) in [5.74, 6) is -6.36. The van der Waals surface area contributed by atoms with Crippen LogP contribution < -0.4 is 20.7 Å². The normalized spacial score (nSPS) is 17.2. The molecule has 5 atom stereocenters. The summed E-state index contributed by atoms with van der Waals surface area (Å²) >= 11 is 6.13. The van der Waals surface area contributed by atoms with Gasteiger partial charge in [-0.15, -0.1) is 0 Å². The Kier molecular flexibility index (Phi) is 15.6. The molecule has 1 aliphatic heterocycles. The molecule has 0 saturated carbocycles. The van der Waals surface area contributed by atoms with Crippen LogP contribution in [0.2, 0.25) is 5.02 Å². The van der Waals surface area contributed by atoms with Crippen molar-refractivity contribution in [1.82, 2.24) is 20.9 Å². The standard InChI is InChI=1S/C41H48ClF3N4O9S/c1-23(2)33(35(50)41(43,44)45)48-37(52)32-20-28(34(59(55)56)26-14-16-30(57-6)17-15-26)22-49(32)38(53)31(47-36(51)27-8-7-9-29(42)19-27)18-24-10-12-25(13-11-24)21-46-39(54)58-40(3,4)5/h7-17,19,23,28,31-34,59H,18,20-22H2,1-6H3,(H,46,54)(H,47,51)(H,48,52)/t28-,31+,32+,33+,34?/m1/s1. The molecular formula is C41H48ClF3N4O9S. The van der Waals surface area contributed by atoms with E-state index in [9.17, 15) is 45.6 Å². The summed E-state index contributed by atoms with van der Waals surface area (Å²) in [7, 11) is -1.82. The number of Topliss-reactive ketones (excluding diaryl/α,β-unsaturated/α-hetero) is 1. The van der Waals surface area contributed by atoms with E-state index in [0.29, 0.717) is 22.4 Å². The topological polar surface area (TPSA) is 177 Å². The van der Waals surface area contributed by atoms with Crippen LogP contribution in [0.3, 0.4) is 0 Å². The number of thiol groups is 1. The van der Waals surface area contributed by atoms with Crippen molar-refractivity contribution in [2.24, 2.45) is 11.8 Å². The highest BCUT2D eigenvalue weighted by atomic mass is 35.5. The molecule has 4 rings (SSSR count). The Morgan fingerprint density at radius 3 is 2.08 bits per heavy atom. The smallest absolute Gasteiger partial charge is 0.452 e. The first kappa shape index (κ1) is 46.5. The lowest BCUT2D eigenvalue weighted by Crippen LogP contribution is -2.57. The van der Waals surface area contributed by atoms with Crippen LogP contribution in [0.5, 0.6) is 5.75 Å². The van der Waals surface area contributed by atoms with Crippen LogP contribution >= 0.6 is 11.6 Å². The van der Waals surface area contributed by atoms with E-state index in [1.165, 1.54) is 51.3 Å². The minimum atomic E-state index is -5.28. The average molecular weight is 865 g/mol. The first-order valence-corrected chi connectivity index (χ1v) is 20.3. The Balaban J connectivity index is 1.72. The third-order valence-electron chi connectivity index (χ3n) is 9.57. The summed E-state index contributed by atoms with van der Waals surface area (Å²) in [5, 5.41) is 6.52. The lowest BCUT2D eigenvalue weighted by molar-refractivity contribution is -0.175. The minimum Gasteiger partial charge on any atom is -0.497 e. The molecule has 59 heavy (non-hydrogen) atoms. The number of halogens is 4. The number of alkyl carbamates (subject to hydrolysis) is 1. The zero-order valence-corrected chi connectivity index (χ0v) is 35.0. The molecular weight excluding hydrogens is 817 g/mol. The maximum absolute atomic E-state index is 14.8. The molecule has 0 radical (unpaired) electrons. The van der Waals surface area contributed by atoms with E-state index in [0.717, 1.165) is 4.90 Å². The Morgan fingerprint density at radius 1 is 0.915 bits per heavy atom. The SMILES string of the molecule is COc1ccc(C([C@@H]2C[C@@H](C(=O)N[C@H](C(=O)C(F)(F)F)C(C)C)N(C(=O)[C@H](Cc3ccc(CNC(=O)OC(C)(C)C)cc3)NC(=O)c3cccc(Cl)c3)C2)[SH](=O)=O)cc1. The summed E-state index contributed by atoms with van der Waals surface area (Å²) in [6.45, 7) is 7.57. The van der Waals surface area contributed by atoms with Crippen molar-refractivity contribution in [2.45, 2.75) is 89.2 Å². The molecule has 4 amide bonds.